The molecule has 0 fully saturated rings. The zero-order valence-corrected chi connectivity index (χ0v) is 5.68. The maximum absolute atomic E-state index is 9.03. The number of rotatable bonds is 2. The third kappa shape index (κ3) is 5.92. The normalized spacial score (nSPS) is 16.1. The highest BCUT2D eigenvalue weighted by atomic mass is 16.3. The third-order valence-corrected chi connectivity index (χ3v) is 0.795. The molecular formula is C6H15O2+. The SMILES string of the molecule is CC(O)CC(C)(C)O.[H+]. The second kappa shape index (κ2) is 2.46. The van der Waals surface area contributed by atoms with Gasteiger partial charge in [0, 0.05) is 6.42 Å². The Labute approximate surface area is 51.6 Å². The van der Waals surface area contributed by atoms with Crippen LogP contribution in [0.5, 0.6) is 0 Å². The second-order valence-electron chi connectivity index (χ2n) is 2.87. The van der Waals surface area contributed by atoms with E-state index < -0.39 is 11.7 Å². The quantitative estimate of drug-likeness (QED) is 0.560. The first-order chi connectivity index (χ1) is 3.42. The van der Waals surface area contributed by atoms with Crippen LogP contribution in [-0.4, -0.2) is 21.9 Å². The van der Waals surface area contributed by atoms with Crippen LogP contribution in [0, 0.1) is 0 Å². The van der Waals surface area contributed by atoms with Gasteiger partial charge in [-0.1, -0.05) is 0 Å². The lowest BCUT2D eigenvalue weighted by Crippen LogP contribution is -2.24. The molecule has 1 atom stereocenters. The molecule has 1 unspecified atom stereocenters. The van der Waals surface area contributed by atoms with E-state index in [0.29, 0.717) is 6.42 Å². The van der Waals surface area contributed by atoms with Crippen molar-refractivity contribution in [3.8, 4) is 0 Å². The van der Waals surface area contributed by atoms with E-state index in [0.717, 1.165) is 0 Å². The van der Waals surface area contributed by atoms with Crippen LogP contribution >= 0.6 is 0 Å². The summed E-state index contributed by atoms with van der Waals surface area (Å²) in [6.45, 7) is 5.03. The van der Waals surface area contributed by atoms with E-state index >= 15 is 0 Å². The molecule has 0 aromatic carbocycles. The minimum atomic E-state index is -0.728. The minimum absolute atomic E-state index is 0. The first-order valence-electron chi connectivity index (χ1n) is 2.82. The highest BCUT2D eigenvalue weighted by molar-refractivity contribution is 4.67. The standard InChI is InChI=1S/C6H14O2/c1-5(7)4-6(2,3)8/h5,7-8H,4H2,1-3H3/p+1. The van der Waals surface area contributed by atoms with Gasteiger partial charge in [0.05, 0.1) is 11.7 Å². The fourth-order valence-electron chi connectivity index (χ4n) is 0.723. The van der Waals surface area contributed by atoms with Gasteiger partial charge in [0.2, 0.25) is 0 Å². The largest absolute Gasteiger partial charge is 1.00 e. The van der Waals surface area contributed by atoms with Gasteiger partial charge in [0.1, 0.15) is 0 Å². The van der Waals surface area contributed by atoms with Crippen molar-refractivity contribution >= 4 is 0 Å². The molecule has 0 spiro atoms. The second-order valence-corrected chi connectivity index (χ2v) is 2.87. The van der Waals surface area contributed by atoms with Crippen LogP contribution in [0.1, 0.15) is 28.6 Å². The minimum Gasteiger partial charge on any atom is -0.393 e. The lowest BCUT2D eigenvalue weighted by Gasteiger charge is -2.17. The molecule has 0 saturated carbocycles. The molecule has 0 aliphatic rings. The molecule has 0 radical (unpaired) electrons. The number of hydrogen-bond donors (Lipinski definition) is 2. The van der Waals surface area contributed by atoms with Gasteiger partial charge in [-0.25, -0.2) is 0 Å². The molecule has 50 valence electrons. The van der Waals surface area contributed by atoms with Crippen molar-refractivity contribution in [1.82, 2.24) is 0 Å². The van der Waals surface area contributed by atoms with E-state index in [9.17, 15) is 0 Å². The molecular weight excluding hydrogens is 104 g/mol. The predicted octanol–water partition coefficient (Wildman–Crippen LogP) is 0.641. The lowest BCUT2D eigenvalue weighted by atomic mass is 10.0. The molecule has 0 heterocycles. The summed E-state index contributed by atoms with van der Waals surface area (Å²) in [6.07, 6.45) is 0.0301. The molecule has 0 saturated heterocycles. The van der Waals surface area contributed by atoms with Crippen LogP contribution in [-0.2, 0) is 0 Å². The smallest absolute Gasteiger partial charge is 0.393 e. The molecule has 0 bridgehead atoms. The van der Waals surface area contributed by atoms with Crippen molar-refractivity contribution in [3.05, 3.63) is 0 Å². The maximum atomic E-state index is 9.03. The average molecular weight is 119 g/mol. The highest BCUT2D eigenvalue weighted by Gasteiger charge is 2.14. The van der Waals surface area contributed by atoms with Gasteiger partial charge in [0.25, 0.3) is 0 Å². The molecule has 2 nitrogen and oxygen atoms in total. The summed E-state index contributed by atoms with van der Waals surface area (Å²) < 4.78 is 0. The molecule has 0 aromatic heterocycles. The Kier molecular flexibility index (Phi) is 2.44. The fraction of sp³-hybridized carbons (Fsp3) is 1.00. The van der Waals surface area contributed by atoms with Gasteiger partial charge in [0.15, 0.2) is 0 Å². The molecule has 0 aliphatic carbocycles. The van der Waals surface area contributed by atoms with E-state index in [4.69, 9.17) is 10.2 Å². The topological polar surface area (TPSA) is 40.5 Å². The van der Waals surface area contributed by atoms with Gasteiger partial charge in [-0.2, -0.15) is 0 Å². The average Bonchev–Trinajstić information content (AvgIpc) is 1.21. The summed E-state index contributed by atoms with van der Waals surface area (Å²) >= 11 is 0. The highest BCUT2D eigenvalue weighted by Crippen LogP contribution is 2.09. The Bertz CT molecular complexity index is 65.9. The van der Waals surface area contributed by atoms with E-state index in [1.54, 1.807) is 20.8 Å². The Morgan fingerprint density at radius 1 is 1.62 bits per heavy atom. The summed E-state index contributed by atoms with van der Waals surface area (Å²) in [6, 6.07) is 0. The Morgan fingerprint density at radius 2 is 2.00 bits per heavy atom. The van der Waals surface area contributed by atoms with Crippen molar-refractivity contribution in [3.63, 3.8) is 0 Å². The van der Waals surface area contributed by atoms with Crippen LogP contribution in [0.4, 0.5) is 0 Å². The van der Waals surface area contributed by atoms with Gasteiger partial charge in [-0.3, -0.25) is 0 Å². The molecule has 8 heavy (non-hydrogen) atoms. The summed E-state index contributed by atoms with van der Waals surface area (Å²) in [5, 5.41) is 17.8. The van der Waals surface area contributed by atoms with E-state index in [1.807, 2.05) is 0 Å². The first-order valence-corrected chi connectivity index (χ1v) is 2.82. The Balaban J connectivity index is 0. The van der Waals surface area contributed by atoms with Crippen molar-refractivity contribution < 1.29 is 11.6 Å². The number of hydrogen-bond acceptors (Lipinski definition) is 2. The van der Waals surface area contributed by atoms with Crippen LogP contribution < -0.4 is 0 Å². The van der Waals surface area contributed by atoms with Crippen molar-refractivity contribution in [1.29, 1.82) is 0 Å². The van der Waals surface area contributed by atoms with E-state index in [2.05, 4.69) is 0 Å². The van der Waals surface area contributed by atoms with Gasteiger partial charge >= 0.3 is 1.43 Å². The summed E-state index contributed by atoms with van der Waals surface area (Å²) in [5.41, 5.74) is -0.728. The molecule has 2 N–H and O–H groups in total. The van der Waals surface area contributed by atoms with Crippen LogP contribution in [0.2, 0.25) is 0 Å². The third-order valence-electron chi connectivity index (χ3n) is 0.795. The monoisotopic (exact) mass is 119 g/mol. The van der Waals surface area contributed by atoms with E-state index in [-0.39, 0.29) is 1.43 Å². The van der Waals surface area contributed by atoms with Gasteiger partial charge in [-0.05, 0) is 20.8 Å². The summed E-state index contributed by atoms with van der Waals surface area (Å²) in [5.74, 6) is 0. The fourth-order valence-corrected chi connectivity index (χ4v) is 0.723. The molecule has 0 aromatic rings. The Hall–Kier alpha value is -0.0800. The molecule has 0 aliphatic heterocycles. The number of aliphatic hydroxyl groups is 2. The van der Waals surface area contributed by atoms with Crippen LogP contribution in [0.25, 0.3) is 0 Å². The lowest BCUT2D eigenvalue weighted by molar-refractivity contribution is 0.0249. The maximum Gasteiger partial charge on any atom is 1.00 e. The van der Waals surface area contributed by atoms with Crippen LogP contribution in [0.15, 0.2) is 0 Å². The first kappa shape index (κ1) is 7.92. The zero-order valence-electron chi connectivity index (χ0n) is 6.68. The van der Waals surface area contributed by atoms with E-state index in [1.165, 1.54) is 0 Å². The zero-order chi connectivity index (χ0) is 6.78. The van der Waals surface area contributed by atoms with Crippen LogP contribution in [0.3, 0.4) is 0 Å². The van der Waals surface area contributed by atoms with Gasteiger partial charge in [-0.15, -0.1) is 0 Å². The molecule has 2 heteroatoms. The Morgan fingerprint density at radius 3 is 2.00 bits per heavy atom. The predicted molar refractivity (Wildman–Crippen MR) is 33.7 cm³/mol. The summed E-state index contributed by atoms with van der Waals surface area (Å²) in [7, 11) is 0. The van der Waals surface area contributed by atoms with Crippen molar-refractivity contribution in [2.24, 2.45) is 0 Å². The number of aliphatic hydroxyl groups excluding tert-OH is 1. The summed E-state index contributed by atoms with van der Waals surface area (Å²) in [4.78, 5) is 0. The van der Waals surface area contributed by atoms with Crippen molar-refractivity contribution in [2.75, 3.05) is 0 Å². The van der Waals surface area contributed by atoms with Crippen molar-refractivity contribution in [2.45, 2.75) is 38.9 Å². The molecule has 0 amide bonds. The molecule has 0 rings (SSSR count). The van der Waals surface area contributed by atoms with Gasteiger partial charge < -0.3 is 10.2 Å².